The van der Waals surface area contributed by atoms with E-state index in [9.17, 15) is 9.90 Å². The highest BCUT2D eigenvalue weighted by atomic mass is 16.3. The van der Waals surface area contributed by atoms with Gasteiger partial charge >= 0.3 is 0 Å². The van der Waals surface area contributed by atoms with Gasteiger partial charge in [0.25, 0.3) is 0 Å². The Bertz CT molecular complexity index is 270. The van der Waals surface area contributed by atoms with Crippen molar-refractivity contribution in [1.29, 1.82) is 0 Å². The minimum atomic E-state index is -0.715. The Morgan fingerprint density at radius 1 is 1.62 bits per heavy atom. The third-order valence-electron chi connectivity index (χ3n) is 3.85. The molecule has 1 heterocycles. The van der Waals surface area contributed by atoms with Crippen molar-refractivity contribution in [2.75, 3.05) is 26.7 Å². The minimum absolute atomic E-state index is 0.128. The number of carbonyl (C=O) groups excluding carboxylic acids is 1. The molecule has 2 fully saturated rings. The lowest BCUT2D eigenvalue weighted by Crippen LogP contribution is -2.46. The molecule has 2 aliphatic rings. The van der Waals surface area contributed by atoms with Crippen LogP contribution in [0.5, 0.6) is 0 Å². The van der Waals surface area contributed by atoms with Crippen molar-refractivity contribution < 1.29 is 9.90 Å². The van der Waals surface area contributed by atoms with E-state index in [1.807, 2.05) is 6.92 Å². The van der Waals surface area contributed by atoms with Crippen LogP contribution in [0.1, 0.15) is 26.2 Å². The number of hydrogen-bond donors (Lipinski definition) is 2. The van der Waals surface area contributed by atoms with Gasteiger partial charge in [-0.1, -0.05) is 6.92 Å². The van der Waals surface area contributed by atoms with E-state index in [0.717, 1.165) is 13.0 Å². The number of amides is 1. The molecule has 0 bridgehead atoms. The van der Waals surface area contributed by atoms with Gasteiger partial charge in [-0.25, -0.2) is 0 Å². The van der Waals surface area contributed by atoms with Crippen molar-refractivity contribution >= 4 is 5.91 Å². The number of hydrogen-bond acceptors (Lipinski definition) is 3. The van der Waals surface area contributed by atoms with Gasteiger partial charge in [-0.2, -0.15) is 0 Å². The van der Waals surface area contributed by atoms with Crippen LogP contribution in [-0.2, 0) is 4.79 Å². The molecule has 4 nitrogen and oxygen atoms in total. The first-order valence-corrected chi connectivity index (χ1v) is 6.20. The third kappa shape index (κ3) is 2.55. The molecule has 2 rings (SSSR count). The lowest BCUT2D eigenvalue weighted by atomic mass is 10.0. The van der Waals surface area contributed by atoms with E-state index in [2.05, 4.69) is 5.32 Å². The van der Waals surface area contributed by atoms with Gasteiger partial charge in [0.15, 0.2) is 0 Å². The average molecular weight is 226 g/mol. The molecule has 0 aromatic carbocycles. The summed E-state index contributed by atoms with van der Waals surface area (Å²) in [5.41, 5.74) is -0.715. The summed E-state index contributed by atoms with van der Waals surface area (Å²) < 4.78 is 0. The summed E-state index contributed by atoms with van der Waals surface area (Å²) in [6.45, 7) is 3.91. The molecular formula is C12H22N2O2. The molecule has 0 aromatic heterocycles. The Morgan fingerprint density at radius 3 is 2.81 bits per heavy atom. The number of carbonyl (C=O) groups is 1. The molecule has 1 aliphatic carbocycles. The third-order valence-corrected chi connectivity index (χ3v) is 3.85. The highest BCUT2D eigenvalue weighted by Crippen LogP contribution is 2.37. The molecule has 1 saturated carbocycles. The maximum absolute atomic E-state index is 12.0. The topological polar surface area (TPSA) is 52.6 Å². The van der Waals surface area contributed by atoms with Gasteiger partial charge in [0.05, 0.1) is 12.1 Å². The second-order valence-electron chi connectivity index (χ2n) is 5.47. The van der Waals surface area contributed by atoms with E-state index in [-0.39, 0.29) is 11.8 Å². The average Bonchev–Trinajstić information content (AvgIpc) is 3.00. The fourth-order valence-electron chi connectivity index (χ4n) is 2.53. The summed E-state index contributed by atoms with van der Waals surface area (Å²) in [4.78, 5) is 13.8. The lowest BCUT2D eigenvalue weighted by molar-refractivity contribution is -0.137. The zero-order valence-electron chi connectivity index (χ0n) is 10.2. The Labute approximate surface area is 97.0 Å². The van der Waals surface area contributed by atoms with Crippen LogP contribution in [0.3, 0.4) is 0 Å². The fourth-order valence-corrected chi connectivity index (χ4v) is 2.53. The van der Waals surface area contributed by atoms with Crippen LogP contribution < -0.4 is 5.32 Å². The summed E-state index contributed by atoms with van der Waals surface area (Å²) in [7, 11) is 1.80. The van der Waals surface area contributed by atoms with Crippen LogP contribution in [-0.4, -0.2) is 48.2 Å². The second-order valence-corrected chi connectivity index (χ2v) is 5.47. The number of likely N-dealkylation sites (N-methyl/N-ethyl adjacent to an activating group) is 1. The van der Waals surface area contributed by atoms with Crippen LogP contribution in [0.25, 0.3) is 0 Å². The summed E-state index contributed by atoms with van der Waals surface area (Å²) in [6, 6.07) is 0. The van der Waals surface area contributed by atoms with Crippen LogP contribution in [0.15, 0.2) is 0 Å². The van der Waals surface area contributed by atoms with Gasteiger partial charge in [-0.3, -0.25) is 4.79 Å². The maximum Gasteiger partial charge on any atom is 0.225 e. The normalized spacial score (nSPS) is 31.4. The van der Waals surface area contributed by atoms with Gasteiger partial charge in [0.2, 0.25) is 5.91 Å². The molecule has 2 atom stereocenters. The molecule has 2 unspecified atom stereocenters. The van der Waals surface area contributed by atoms with Gasteiger partial charge in [-0.15, -0.1) is 0 Å². The molecule has 1 aliphatic heterocycles. The van der Waals surface area contributed by atoms with Gasteiger partial charge in [0, 0.05) is 19.5 Å². The number of aliphatic hydroxyl groups is 1. The molecule has 0 spiro atoms. The first kappa shape index (κ1) is 11.9. The zero-order chi connectivity index (χ0) is 11.8. The zero-order valence-corrected chi connectivity index (χ0v) is 10.2. The highest BCUT2D eigenvalue weighted by Gasteiger charge is 2.37. The summed E-state index contributed by atoms with van der Waals surface area (Å²) in [6.07, 6.45) is 3.11. The van der Waals surface area contributed by atoms with Crippen molar-refractivity contribution in [2.45, 2.75) is 31.8 Å². The van der Waals surface area contributed by atoms with Gasteiger partial charge in [-0.05, 0) is 31.7 Å². The monoisotopic (exact) mass is 226 g/mol. The number of nitrogens with zero attached hydrogens (tertiary/aromatic N) is 1. The highest BCUT2D eigenvalue weighted by molar-refractivity contribution is 5.79. The molecular weight excluding hydrogens is 204 g/mol. The van der Waals surface area contributed by atoms with Crippen molar-refractivity contribution in [3.8, 4) is 0 Å². The Kier molecular flexibility index (Phi) is 3.22. The van der Waals surface area contributed by atoms with E-state index >= 15 is 0 Å². The van der Waals surface area contributed by atoms with E-state index < -0.39 is 5.60 Å². The fraction of sp³-hybridized carbons (Fsp3) is 0.917. The summed E-state index contributed by atoms with van der Waals surface area (Å²) in [5.74, 6) is 0.900. The van der Waals surface area contributed by atoms with E-state index in [4.69, 9.17) is 0 Å². The quantitative estimate of drug-likeness (QED) is 0.721. The van der Waals surface area contributed by atoms with E-state index in [1.54, 1.807) is 11.9 Å². The second kappa shape index (κ2) is 4.34. The Balaban J connectivity index is 1.86. The van der Waals surface area contributed by atoms with Gasteiger partial charge in [0.1, 0.15) is 0 Å². The standard InChI is InChI=1S/C12H22N2O2/c1-9(10-3-4-10)11(15)14(2)8-12(16)5-6-13-7-12/h9-10,13,16H,3-8H2,1-2H3. The Hall–Kier alpha value is -0.610. The van der Waals surface area contributed by atoms with E-state index in [1.165, 1.54) is 12.8 Å². The minimum Gasteiger partial charge on any atom is -0.387 e. The summed E-state index contributed by atoms with van der Waals surface area (Å²) >= 11 is 0. The van der Waals surface area contributed by atoms with E-state index in [0.29, 0.717) is 19.0 Å². The van der Waals surface area contributed by atoms with Crippen LogP contribution in [0.4, 0.5) is 0 Å². The first-order chi connectivity index (χ1) is 7.52. The molecule has 1 saturated heterocycles. The molecule has 16 heavy (non-hydrogen) atoms. The molecule has 0 aromatic rings. The predicted molar refractivity (Wildman–Crippen MR) is 62.0 cm³/mol. The molecule has 2 N–H and O–H groups in total. The Morgan fingerprint density at radius 2 is 2.31 bits per heavy atom. The van der Waals surface area contributed by atoms with Crippen molar-refractivity contribution in [1.82, 2.24) is 10.2 Å². The first-order valence-electron chi connectivity index (χ1n) is 6.20. The maximum atomic E-state index is 12.0. The lowest BCUT2D eigenvalue weighted by Gasteiger charge is -2.29. The summed E-state index contributed by atoms with van der Waals surface area (Å²) in [5, 5.41) is 13.3. The van der Waals surface area contributed by atoms with Crippen LogP contribution >= 0.6 is 0 Å². The van der Waals surface area contributed by atoms with Crippen LogP contribution in [0, 0.1) is 11.8 Å². The number of nitrogens with one attached hydrogen (secondary N) is 1. The predicted octanol–water partition coefficient (Wildman–Crippen LogP) is 0.215. The molecule has 1 amide bonds. The SMILES string of the molecule is CC(C(=O)N(C)CC1(O)CCNC1)C1CC1. The van der Waals surface area contributed by atoms with Gasteiger partial charge < -0.3 is 15.3 Å². The van der Waals surface area contributed by atoms with Crippen molar-refractivity contribution in [3.05, 3.63) is 0 Å². The van der Waals surface area contributed by atoms with Crippen molar-refractivity contribution in [2.24, 2.45) is 11.8 Å². The van der Waals surface area contributed by atoms with Crippen LogP contribution in [0.2, 0.25) is 0 Å². The molecule has 4 heteroatoms. The number of rotatable bonds is 4. The van der Waals surface area contributed by atoms with Crippen molar-refractivity contribution in [3.63, 3.8) is 0 Å². The number of β-amino-alcohol motifs (C(OH)–C–C–N with tert-alkyl or cyclic N) is 1. The largest absolute Gasteiger partial charge is 0.387 e. The smallest absolute Gasteiger partial charge is 0.225 e. The molecule has 92 valence electrons. The molecule has 0 radical (unpaired) electrons.